The molecule has 27 heavy (non-hydrogen) atoms. The van der Waals surface area contributed by atoms with Gasteiger partial charge in [0.2, 0.25) is 11.8 Å². The average molecular weight is 379 g/mol. The first-order valence-electron chi connectivity index (χ1n) is 8.75. The van der Waals surface area contributed by atoms with Gasteiger partial charge in [-0.15, -0.1) is 11.3 Å². The third kappa shape index (κ3) is 5.01. The first kappa shape index (κ1) is 18.8. The largest absolute Gasteiger partial charge is 0.326 e. The Morgan fingerprint density at radius 2 is 1.74 bits per heavy atom. The van der Waals surface area contributed by atoms with Crippen LogP contribution in [0.1, 0.15) is 23.9 Å². The molecule has 0 saturated carbocycles. The van der Waals surface area contributed by atoms with Gasteiger partial charge < -0.3 is 10.6 Å². The predicted octanol–water partition coefficient (Wildman–Crippen LogP) is 4.65. The van der Waals surface area contributed by atoms with Gasteiger partial charge in [0.1, 0.15) is 5.01 Å². The van der Waals surface area contributed by atoms with Crippen LogP contribution >= 0.6 is 11.3 Å². The van der Waals surface area contributed by atoms with E-state index < -0.39 is 0 Å². The molecule has 6 heteroatoms. The molecule has 0 unspecified atom stereocenters. The van der Waals surface area contributed by atoms with Crippen LogP contribution in [-0.2, 0) is 16.0 Å². The Hall–Kier alpha value is -2.99. The number of hydrogen-bond donors (Lipinski definition) is 2. The molecule has 0 spiro atoms. The van der Waals surface area contributed by atoms with Gasteiger partial charge in [0.25, 0.3) is 0 Å². The lowest BCUT2D eigenvalue weighted by atomic mass is 10.1. The number of amides is 2. The smallest absolute Gasteiger partial charge is 0.231 e. The number of thiazole rings is 1. The van der Waals surface area contributed by atoms with Crippen LogP contribution in [0.5, 0.6) is 0 Å². The minimum absolute atomic E-state index is 0.0154. The lowest BCUT2D eigenvalue weighted by molar-refractivity contribution is -0.116. The van der Waals surface area contributed by atoms with Gasteiger partial charge in [-0.25, -0.2) is 4.98 Å². The zero-order valence-corrected chi connectivity index (χ0v) is 16.1. The van der Waals surface area contributed by atoms with Crippen molar-refractivity contribution in [3.05, 3.63) is 64.5 Å². The first-order valence-corrected chi connectivity index (χ1v) is 9.63. The molecular weight excluding hydrogens is 358 g/mol. The lowest BCUT2D eigenvalue weighted by Crippen LogP contribution is -2.14. The van der Waals surface area contributed by atoms with E-state index in [1.54, 1.807) is 0 Å². The molecule has 1 heterocycles. The Morgan fingerprint density at radius 1 is 1.00 bits per heavy atom. The SMILES string of the molecule is CCC(=O)Nc1ccc(-c2csc(CC(=O)Nc3ccccc3C)n2)cc1. The molecule has 0 aliphatic heterocycles. The second-order valence-electron chi connectivity index (χ2n) is 6.15. The maximum absolute atomic E-state index is 12.3. The number of hydrogen-bond acceptors (Lipinski definition) is 4. The molecular formula is C21H21N3O2S. The first-order chi connectivity index (χ1) is 13.0. The van der Waals surface area contributed by atoms with Crippen LogP contribution in [0, 0.1) is 6.92 Å². The number of carbonyl (C=O) groups is 2. The van der Waals surface area contributed by atoms with E-state index >= 15 is 0 Å². The molecule has 2 aromatic carbocycles. The van der Waals surface area contributed by atoms with Crippen molar-refractivity contribution in [1.82, 2.24) is 4.98 Å². The molecule has 5 nitrogen and oxygen atoms in total. The van der Waals surface area contributed by atoms with Crippen molar-refractivity contribution in [3.8, 4) is 11.3 Å². The molecule has 0 fully saturated rings. The van der Waals surface area contributed by atoms with Crippen molar-refractivity contribution >= 4 is 34.5 Å². The van der Waals surface area contributed by atoms with Gasteiger partial charge in [0.05, 0.1) is 12.1 Å². The highest BCUT2D eigenvalue weighted by atomic mass is 32.1. The molecule has 0 bridgehead atoms. The van der Waals surface area contributed by atoms with Gasteiger partial charge >= 0.3 is 0 Å². The lowest BCUT2D eigenvalue weighted by Gasteiger charge is -2.06. The third-order valence-electron chi connectivity index (χ3n) is 4.07. The molecule has 2 amide bonds. The Labute approximate surface area is 162 Å². The fourth-order valence-electron chi connectivity index (χ4n) is 2.54. The van der Waals surface area contributed by atoms with Crippen LogP contribution < -0.4 is 10.6 Å². The van der Waals surface area contributed by atoms with Crippen LogP contribution in [0.2, 0.25) is 0 Å². The summed E-state index contributed by atoms with van der Waals surface area (Å²) in [6.07, 6.45) is 0.686. The van der Waals surface area contributed by atoms with Crippen LogP contribution in [-0.4, -0.2) is 16.8 Å². The summed E-state index contributed by atoms with van der Waals surface area (Å²) in [5, 5.41) is 8.45. The molecule has 3 aromatic rings. The molecule has 138 valence electrons. The minimum atomic E-state index is -0.0807. The van der Waals surface area contributed by atoms with E-state index in [0.717, 1.165) is 33.2 Å². The number of para-hydroxylation sites is 1. The predicted molar refractivity (Wildman–Crippen MR) is 110 cm³/mol. The number of anilines is 2. The summed E-state index contributed by atoms with van der Waals surface area (Å²) in [5.41, 5.74) is 4.39. The third-order valence-corrected chi connectivity index (χ3v) is 4.92. The summed E-state index contributed by atoms with van der Waals surface area (Å²) in [4.78, 5) is 28.3. The van der Waals surface area contributed by atoms with E-state index in [2.05, 4.69) is 15.6 Å². The molecule has 0 aliphatic rings. The molecule has 0 atom stereocenters. The zero-order chi connectivity index (χ0) is 19.2. The summed E-state index contributed by atoms with van der Waals surface area (Å²) in [7, 11) is 0. The number of aromatic nitrogens is 1. The van der Waals surface area contributed by atoms with Crippen molar-refractivity contribution in [1.29, 1.82) is 0 Å². The summed E-state index contributed by atoms with van der Waals surface area (Å²) < 4.78 is 0. The molecule has 0 radical (unpaired) electrons. The number of benzene rings is 2. The number of nitrogens with zero attached hydrogens (tertiary/aromatic N) is 1. The Balaban J connectivity index is 1.63. The maximum atomic E-state index is 12.3. The standard InChI is InChI=1S/C21H21N3O2S/c1-3-19(25)22-16-10-8-15(9-11-16)18-13-27-21(24-18)12-20(26)23-17-7-5-4-6-14(17)2/h4-11,13H,3,12H2,1-2H3,(H,22,25)(H,23,26). The monoisotopic (exact) mass is 379 g/mol. The van der Waals surface area contributed by atoms with Crippen LogP contribution in [0.3, 0.4) is 0 Å². The maximum Gasteiger partial charge on any atom is 0.231 e. The van der Waals surface area contributed by atoms with Gasteiger partial charge in [-0.3, -0.25) is 9.59 Å². The summed E-state index contributed by atoms with van der Waals surface area (Å²) in [6, 6.07) is 15.2. The fraction of sp³-hybridized carbons (Fsp3) is 0.190. The van der Waals surface area contributed by atoms with E-state index in [1.165, 1.54) is 11.3 Å². The summed E-state index contributed by atoms with van der Waals surface area (Å²) >= 11 is 1.46. The van der Waals surface area contributed by atoms with Crippen LogP contribution in [0.15, 0.2) is 53.9 Å². The number of carbonyl (C=O) groups excluding carboxylic acids is 2. The fourth-order valence-corrected chi connectivity index (χ4v) is 3.35. The molecule has 1 aromatic heterocycles. The van der Waals surface area contributed by atoms with Gasteiger partial charge in [-0.05, 0) is 30.7 Å². The van der Waals surface area contributed by atoms with E-state index in [1.807, 2.05) is 67.8 Å². The van der Waals surface area contributed by atoms with Crippen LogP contribution in [0.4, 0.5) is 11.4 Å². The molecule has 0 saturated heterocycles. The Morgan fingerprint density at radius 3 is 2.44 bits per heavy atom. The number of nitrogens with one attached hydrogen (secondary N) is 2. The second-order valence-corrected chi connectivity index (χ2v) is 7.09. The normalized spacial score (nSPS) is 10.4. The number of aryl methyl sites for hydroxylation is 1. The highest BCUT2D eigenvalue weighted by Gasteiger charge is 2.10. The topological polar surface area (TPSA) is 71.1 Å². The summed E-state index contributed by atoms with van der Waals surface area (Å²) in [5.74, 6) is -0.0961. The van der Waals surface area contributed by atoms with Crippen molar-refractivity contribution < 1.29 is 9.59 Å². The van der Waals surface area contributed by atoms with Crippen LogP contribution in [0.25, 0.3) is 11.3 Å². The zero-order valence-electron chi connectivity index (χ0n) is 15.3. The molecule has 3 rings (SSSR count). The van der Waals surface area contributed by atoms with E-state index in [4.69, 9.17) is 0 Å². The highest BCUT2D eigenvalue weighted by molar-refractivity contribution is 7.10. The van der Waals surface area contributed by atoms with Crippen molar-refractivity contribution in [3.63, 3.8) is 0 Å². The van der Waals surface area contributed by atoms with E-state index in [9.17, 15) is 9.59 Å². The van der Waals surface area contributed by atoms with Crippen molar-refractivity contribution in [2.75, 3.05) is 10.6 Å². The van der Waals surface area contributed by atoms with Crippen molar-refractivity contribution in [2.24, 2.45) is 0 Å². The summed E-state index contributed by atoms with van der Waals surface area (Å²) in [6.45, 7) is 3.78. The van der Waals surface area contributed by atoms with Gasteiger partial charge in [0, 0.05) is 28.7 Å². The molecule has 0 aliphatic carbocycles. The Kier molecular flexibility index (Phi) is 5.98. The second kappa shape index (κ2) is 8.60. The van der Waals surface area contributed by atoms with Gasteiger partial charge in [0.15, 0.2) is 0 Å². The highest BCUT2D eigenvalue weighted by Crippen LogP contribution is 2.24. The van der Waals surface area contributed by atoms with Gasteiger partial charge in [-0.1, -0.05) is 37.3 Å². The van der Waals surface area contributed by atoms with Crippen molar-refractivity contribution in [2.45, 2.75) is 26.7 Å². The van der Waals surface area contributed by atoms with Gasteiger partial charge in [-0.2, -0.15) is 0 Å². The average Bonchev–Trinajstić information content (AvgIpc) is 3.12. The van der Waals surface area contributed by atoms with E-state index in [0.29, 0.717) is 6.42 Å². The quantitative estimate of drug-likeness (QED) is 0.655. The Bertz CT molecular complexity index is 948. The molecule has 2 N–H and O–H groups in total. The minimum Gasteiger partial charge on any atom is -0.326 e. The number of rotatable bonds is 6. The van der Waals surface area contributed by atoms with E-state index in [-0.39, 0.29) is 18.2 Å².